The Morgan fingerprint density at radius 2 is 1.59 bits per heavy atom. The van der Waals surface area contributed by atoms with Crippen LogP contribution >= 0.6 is 11.6 Å². The highest BCUT2D eigenvalue weighted by atomic mass is 35.5. The molecule has 0 spiro atoms. The first kappa shape index (κ1) is 33.2. The molecule has 2 aliphatic heterocycles. The Kier molecular flexibility index (Phi) is 10.4. The van der Waals surface area contributed by atoms with Crippen molar-refractivity contribution in [2.24, 2.45) is 4.99 Å². The number of nitrogens with zero attached hydrogens (tertiary/aromatic N) is 4. The van der Waals surface area contributed by atoms with Crippen molar-refractivity contribution in [1.82, 2.24) is 15.1 Å². The topological polar surface area (TPSA) is 94.5 Å². The van der Waals surface area contributed by atoms with Crippen LogP contribution in [0.2, 0.25) is 5.02 Å². The molecule has 0 bridgehead atoms. The fourth-order valence-electron chi connectivity index (χ4n) is 5.52. The highest BCUT2D eigenvalue weighted by Gasteiger charge is 2.30. The molecular formula is C36H42ClN5O4. The number of anilines is 2. The molecule has 1 N–H and O–H groups in total. The summed E-state index contributed by atoms with van der Waals surface area (Å²) >= 11 is 6.41. The van der Waals surface area contributed by atoms with Gasteiger partial charge in [0, 0.05) is 56.2 Å². The van der Waals surface area contributed by atoms with Crippen LogP contribution in [0, 0.1) is 0 Å². The summed E-state index contributed by atoms with van der Waals surface area (Å²) in [4.78, 5) is 50.1. The maximum Gasteiger partial charge on any atom is 0.338 e. The largest absolute Gasteiger partial charge is 0.456 e. The summed E-state index contributed by atoms with van der Waals surface area (Å²) in [7, 11) is 2.12. The average Bonchev–Trinajstić information content (AvgIpc) is 3.16. The van der Waals surface area contributed by atoms with Gasteiger partial charge in [-0.2, -0.15) is 0 Å². The van der Waals surface area contributed by atoms with Crippen LogP contribution in [0.4, 0.5) is 17.1 Å². The summed E-state index contributed by atoms with van der Waals surface area (Å²) in [5.74, 6) is 0.320. The Bertz CT molecular complexity index is 1610. The van der Waals surface area contributed by atoms with Gasteiger partial charge in [0.2, 0.25) is 11.8 Å². The number of unbranched alkanes of at least 4 members (excludes halogenated alkanes) is 1. The van der Waals surface area contributed by atoms with E-state index in [-0.39, 0.29) is 24.2 Å². The van der Waals surface area contributed by atoms with E-state index >= 15 is 0 Å². The number of carbonyl (C=O) groups is 3. The quantitative estimate of drug-likeness (QED) is 0.223. The molecule has 0 radical (unpaired) electrons. The second kappa shape index (κ2) is 14.5. The number of halogens is 1. The van der Waals surface area contributed by atoms with Gasteiger partial charge in [-0.25, -0.2) is 9.79 Å². The van der Waals surface area contributed by atoms with Crippen LogP contribution in [0.15, 0.2) is 71.7 Å². The molecule has 10 heteroatoms. The summed E-state index contributed by atoms with van der Waals surface area (Å²) in [6, 6.07) is 20.4. The number of hydrogen-bond acceptors (Lipinski definition) is 7. The zero-order valence-electron chi connectivity index (χ0n) is 27.0. The van der Waals surface area contributed by atoms with Gasteiger partial charge in [-0.3, -0.25) is 14.5 Å². The molecular weight excluding hydrogens is 602 g/mol. The van der Waals surface area contributed by atoms with Gasteiger partial charge in [0.1, 0.15) is 11.4 Å². The van der Waals surface area contributed by atoms with Crippen LogP contribution in [0.5, 0.6) is 0 Å². The third-order valence-corrected chi connectivity index (χ3v) is 8.20. The molecule has 2 heterocycles. The van der Waals surface area contributed by atoms with Gasteiger partial charge in [-0.1, -0.05) is 35.9 Å². The van der Waals surface area contributed by atoms with E-state index in [2.05, 4.69) is 22.2 Å². The van der Waals surface area contributed by atoms with Crippen molar-refractivity contribution in [3.05, 3.63) is 88.4 Å². The minimum absolute atomic E-state index is 0.0589. The number of benzene rings is 3. The number of amidine groups is 1. The Morgan fingerprint density at radius 3 is 2.30 bits per heavy atom. The maximum atomic E-state index is 13.9. The number of fused-ring (bicyclic) bond motifs is 2. The smallest absolute Gasteiger partial charge is 0.338 e. The molecule has 1 saturated heterocycles. The number of nitrogens with one attached hydrogen (secondary N) is 1. The fraction of sp³-hybridized carbons (Fsp3) is 0.389. The third kappa shape index (κ3) is 8.33. The maximum absolute atomic E-state index is 13.9. The molecule has 9 nitrogen and oxygen atoms in total. The number of para-hydroxylation sites is 1. The van der Waals surface area contributed by atoms with Crippen molar-refractivity contribution >= 4 is 52.3 Å². The number of hydrogen-bond donors (Lipinski definition) is 1. The molecule has 1 fully saturated rings. The summed E-state index contributed by atoms with van der Waals surface area (Å²) in [5.41, 5.74) is 3.84. The monoisotopic (exact) mass is 643 g/mol. The summed E-state index contributed by atoms with van der Waals surface area (Å²) in [6.45, 7) is 9.38. The number of ether oxygens (including phenoxy) is 1. The number of carbonyl (C=O) groups excluding carboxylic acids is 3. The van der Waals surface area contributed by atoms with E-state index in [1.54, 1.807) is 35.2 Å². The SMILES string of the molecule is CN1CCN(C2=Nc3cc(Cl)ccc3N(C(=O)CCCCC(=O)NCc3ccc(C(=O)OC(C)(C)C)cc3)c3ccccc32)CC1. The molecule has 3 aromatic carbocycles. The first-order valence-electron chi connectivity index (χ1n) is 15.8. The van der Waals surface area contributed by atoms with E-state index in [4.69, 9.17) is 21.3 Å². The van der Waals surface area contributed by atoms with E-state index in [0.29, 0.717) is 47.8 Å². The van der Waals surface area contributed by atoms with Crippen LogP contribution in [0.25, 0.3) is 0 Å². The lowest BCUT2D eigenvalue weighted by molar-refractivity contribution is -0.122. The van der Waals surface area contributed by atoms with Gasteiger partial charge in [-0.05, 0) is 88.7 Å². The molecule has 0 unspecified atom stereocenters. The van der Waals surface area contributed by atoms with Crippen LogP contribution in [-0.4, -0.2) is 72.2 Å². The van der Waals surface area contributed by atoms with Crippen molar-refractivity contribution in [1.29, 1.82) is 0 Å². The predicted octanol–water partition coefficient (Wildman–Crippen LogP) is 6.48. The van der Waals surface area contributed by atoms with E-state index in [1.807, 2.05) is 57.2 Å². The van der Waals surface area contributed by atoms with E-state index in [1.165, 1.54) is 0 Å². The van der Waals surface area contributed by atoms with Gasteiger partial charge in [0.15, 0.2) is 0 Å². The van der Waals surface area contributed by atoms with Crippen LogP contribution in [-0.2, 0) is 20.9 Å². The molecule has 2 aliphatic rings. The third-order valence-electron chi connectivity index (χ3n) is 7.97. The molecule has 0 aliphatic carbocycles. The Morgan fingerprint density at radius 1 is 0.891 bits per heavy atom. The van der Waals surface area contributed by atoms with Crippen LogP contribution in [0.3, 0.4) is 0 Å². The minimum atomic E-state index is -0.562. The summed E-state index contributed by atoms with van der Waals surface area (Å²) in [6.07, 6.45) is 1.72. The van der Waals surface area contributed by atoms with Crippen molar-refractivity contribution in [2.45, 2.75) is 58.6 Å². The number of amides is 2. The van der Waals surface area contributed by atoms with Gasteiger partial charge < -0.3 is 19.9 Å². The summed E-state index contributed by atoms with van der Waals surface area (Å²) in [5, 5.41) is 3.49. The number of likely N-dealkylation sites (N-methyl/N-ethyl adjacent to an activating group) is 1. The second-order valence-corrected chi connectivity index (χ2v) is 13.2. The Labute approximate surface area is 276 Å². The van der Waals surface area contributed by atoms with E-state index in [9.17, 15) is 14.4 Å². The normalized spacial score (nSPS) is 14.9. The first-order valence-corrected chi connectivity index (χ1v) is 16.2. The van der Waals surface area contributed by atoms with Gasteiger partial charge in [0.25, 0.3) is 0 Å². The van der Waals surface area contributed by atoms with Gasteiger partial charge >= 0.3 is 5.97 Å². The number of esters is 1. The van der Waals surface area contributed by atoms with Gasteiger partial charge in [0.05, 0.1) is 22.6 Å². The second-order valence-electron chi connectivity index (χ2n) is 12.8. The molecule has 2 amide bonds. The van der Waals surface area contributed by atoms with Gasteiger partial charge in [-0.15, -0.1) is 0 Å². The minimum Gasteiger partial charge on any atom is -0.456 e. The zero-order valence-corrected chi connectivity index (χ0v) is 27.8. The van der Waals surface area contributed by atoms with Crippen LogP contribution < -0.4 is 10.2 Å². The van der Waals surface area contributed by atoms with E-state index < -0.39 is 5.60 Å². The highest BCUT2D eigenvalue weighted by molar-refractivity contribution is 6.31. The first-order chi connectivity index (χ1) is 22.0. The van der Waals surface area contributed by atoms with Crippen molar-refractivity contribution in [2.75, 3.05) is 38.1 Å². The predicted molar refractivity (Wildman–Crippen MR) is 182 cm³/mol. The molecule has 3 aromatic rings. The molecule has 5 rings (SSSR count). The molecule has 242 valence electrons. The fourth-order valence-corrected chi connectivity index (χ4v) is 5.69. The number of rotatable bonds is 8. The van der Waals surface area contributed by atoms with Crippen LogP contribution in [0.1, 0.15) is 67.9 Å². The Hall–Kier alpha value is -4.21. The lowest BCUT2D eigenvalue weighted by atomic mass is 10.1. The van der Waals surface area contributed by atoms with Crippen molar-refractivity contribution in [3.63, 3.8) is 0 Å². The average molecular weight is 644 g/mol. The van der Waals surface area contributed by atoms with E-state index in [0.717, 1.165) is 48.8 Å². The standard InChI is InChI=1S/C36H42ClN5O4/c1-36(2,3)46-35(45)26-15-13-25(14-16-26)24-38-32(43)11-7-8-12-33(44)42-30-10-6-5-9-28(30)34(41-21-19-40(4)20-22-41)39-29-23-27(37)17-18-31(29)42/h5-6,9-10,13-18,23H,7-8,11-12,19-22,24H2,1-4H3,(H,38,43). The molecule has 0 saturated carbocycles. The number of aliphatic imine (C=N–C) groups is 1. The zero-order chi connectivity index (χ0) is 32.8. The molecule has 0 atom stereocenters. The number of piperazine rings is 1. The molecule has 46 heavy (non-hydrogen) atoms. The van der Waals surface area contributed by atoms with Crippen molar-refractivity contribution < 1.29 is 19.1 Å². The Balaban J connectivity index is 1.19. The summed E-state index contributed by atoms with van der Waals surface area (Å²) < 4.78 is 5.40. The molecule has 0 aromatic heterocycles. The highest BCUT2D eigenvalue weighted by Crippen LogP contribution is 2.42. The lowest BCUT2D eigenvalue weighted by Gasteiger charge is -2.35. The lowest BCUT2D eigenvalue weighted by Crippen LogP contribution is -2.47. The van der Waals surface area contributed by atoms with Crippen molar-refractivity contribution in [3.8, 4) is 0 Å².